The lowest BCUT2D eigenvalue weighted by atomic mass is 10.0. The molecule has 0 spiro atoms. The molecule has 2 N–H and O–H groups in total. The number of pyridine rings is 1. The Morgan fingerprint density at radius 3 is 2.29 bits per heavy atom. The Labute approximate surface area is 119 Å². The van der Waals surface area contributed by atoms with Gasteiger partial charge in [0.15, 0.2) is 0 Å². The molecule has 0 aliphatic heterocycles. The molecule has 3 aromatic rings. The predicted octanol–water partition coefficient (Wildman–Crippen LogP) is 3.01. The lowest BCUT2D eigenvalue weighted by molar-refractivity contribution is 0.621. The minimum atomic E-state index is -0.425. The topological polar surface area (TPSA) is 56.7 Å². The molecular formula is C15H12F2N4. The minimum Gasteiger partial charge on any atom is -0.383 e. The van der Waals surface area contributed by atoms with Crippen LogP contribution in [-0.4, -0.2) is 14.8 Å². The fourth-order valence-electron chi connectivity index (χ4n) is 2.13. The summed E-state index contributed by atoms with van der Waals surface area (Å²) >= 11 is 0. The van der Waals surface area contributed by atoms with Gasteiger partial charge in [0.25, 0.3) is 0 Å². The van der Waals surface area contributed by atoms with Gasteiger partial charge in [-0.2, -0.15) is 5.10 Å². The van der Waals surface area contributed by atoms with E-state index in [4.69, 9.17) is 5.73 Å². The molecule has 0 bridgehead atoms. The summed E-state index contributed by atoms with van der Waals surface area (Å²) in [5.74, 6) is -0.323. The number of hydrogen-bond acceptors (Lipinski definition) is 3. The summed E-state index contributed by atoms with van der Waals surface area (Å²) in [5, 5.41) is 4.32. The maximum absolute atomic E-state index is 13.1. The van der Waals surface area contributed by atoms with E-state index in [2.05, 4.69) is 10.1 Å². The van der Waals surface area contributed by atoms with Gasteiger partial charge in [0, 0.05) is 7.05 Å². The number of nitrogens with two attached hydrogens (primary N) is 1. The van der Waals surface area contributed by atoms with Gasteiger partial charge in [0.2, 0.25) is 0 Å². The molecule has 0 saturated carbocycles. The Morgan fingerprint density at radius 1 is 1.00 bits per heavy atom. The van der Waals surface area contributed by atoms with Gasteiger partial charge in [-0.15, -0.1) is 0 Å². The highest BCUT2D eigenvalue weighted by molar-refractivity contribution is 5.86. The molecule has 0 saturated heterocycles. The van der Waals surface area contributed by atoms with E-state index in [1.807, 2.05) is 0 Å². The normalized spacial score (nSPS) is 10.8. The van der Waals surface area contributed by atoms with E-state index in [0.29, 0.717) is 22.8 Å². The zero-order valence-corrected chi connectivity index (χ0v) is 11.2. The van der Waals surface area contributed by atoms with Gasteiger partial charge in [0.05, 0.1) is 17.5 Å². The first-order valence-corrected chi connectivity index (χ1v) is 6.26. The fraction of sp³-hybridized carbons (Fsp3) is 0.0667. The van der Waals surface area contributed by atoms with Crippen molar-refractivity contribution >= 4 is 5.82 Å². The van der Waals surface area contributed by atoms with Gasteiger partial charge in [-0.3, -0.25) is 9.67 Å². The van der Waals surface area contributed by atoms with Crippen molar-refractivity contribution < 1.29 is 8.78 Å². The number of halogens is 2. The summed E-state index contributed by atoms with van der Waals surface area (Å²) in [6.07, 6.45) is 1.12. The molecule has 2 aromatic heterocycles. The number of rotatable bonds is 2. The number of aromatic nitrogens is 3. The fourth-order valence-corrected chi connectivity index (χ4v) is 2.13. The number of hydrogen-bond donors (Lipinski definition) is 1. The Morgan fingerprint density at radius 2 is 1.67 bits per heavy atom. The molecule has 0 unspecified atom stereocenters. The van der Waals surface area contributed by atoms with Crippen LogP contribution in [0.4, 0.5) is 14.6 Å². The lowest BCUT2D eigenvalue weighted by Gasteiger charge is -2.04. The Hall–Kier alpha value is -2.76. The highest BCUT2D eigenvalue weighted by Crippen LogP contribution is 2.34. The molecule has 1 aromatic carbocycles. The SMILES string of the molecule is Cn1nc(-c2ccc(F)cn2)c(-c2ccc(F)cc2)c1N. The van der Waals surface area contributed by atoms with E-state index in [0.717, 1.165) is 11.8 Å². The molecule has 0 atom stereocenters. The first-order valence-electron chi connectivity index (χ1n) is 6.26. The zero-order valence-electron chi connectivity index (χ0n) is 11.2. The van der Waals surface area contributed by atoms with Crippen LogP contribution in [0.3, 0.4) is 0 Å². The maximum atomic E-state index is 13.1. The van der Waals surface area contributed by atoms with Gasteiger partial charge in [-0.05, 0) is 29.8 Å². The van der Waals surface area contributed by atoms with Crippen LogP contribution in [0, 0.1) is 11.6 Å². The monoisotopic (exact) mass is 286 g/mol. The van der Waals surface area contributed by atoms with Crippen molar-refractivity contribution in [3.8, 4) is 22.5 Å². The van der Waals surface area contributed by atoms with E-state index < -0.39 is 5.82 Å². The largest absolute Gasteiger partial charge is 0.383 e. The summed E-state index contributed by atoms with van der Waals surface area (Å²) in [7, 11) is 1.70. The van der Waals surface area contributed by atoms with Crippen molar-refractivity contribution in [2.24, 2.45) is 7.05 Å². The second-order valence-corrected chi connectivity index (χ2v) is 4.60. The van der Waals surface area contributed by atoms with Crippen LogP contribution in [0.5, 0.6) is 0 Å². The van der Waals surface area contributed by atoms with Crippen molar-refractivity contribution in [3.63, 3.8) is 0 Å². The number of nitrogen functional groups attached to an aromatic ring is 1. The third kappa shape index (κ3) is 2.35. The third-order valence-electron chi connectivity index (χ3n) is 3.19. The standard InChI is InChI=1S/C15H12F2N4/c1-21-15(18)13(9-2-4-10(16)5-3-9)14(20-21)12-7-6-11(17)8-19-12/h2-8H,18H2,1H3. The van der Waals surface area contributed by atoms with E-state index >= 15 is 0 Å². The highest BCUT2D eigenvalue weighted by atomic mass is 19.1. The molecule has 0 radical (unpaired) electrons. The third-order valence-corrected chi connectivity index (χ3v) is 3.19. The summed E-state index contributed by atoms with van der Waals surface area (Å²) in [5.41, 5.74) is 8.45. The van der Waals surface area contributed by atoms with Crippen LogP contribution < -0.4 is 5.73 Å². The van der Waals surface area contributed by atoms with E-state index in [1.165, 1.54) is 28.9 Å². The Kier molecular flexibility index (Phi) is 3.13. The molecule has 4 nitrogen and oxygen atoms in total. The van der Waals surface area contributed by atoms with Crippen molar-refractivity contribution in [2.75, 3.05) is 5.73 Å². The van der Waals surface area contributed by atoms with Crippen LogP contribution in [0.1, 0.15) is 0 Å². The lowest BCUT2D eigenvalue weighted by Crippen LogP contribution is -1.98. The average Bonchev–Trinajstić information content (AvgIpc) is 2.77. The van der Waals surface area contributed by atoms with Crippen LogP contribution in [0.2, 0.25) is 0 Å². The zero-order chi connectivity index (χ0) is 15.0. The van der Waals surface area contributed by atoms with Gasteiger partial charge in [0.1, 0.15) is 23.1 Å². The maximum Gasteiger partial charge on any atom is 0.141 e. The van der Waals surface area contributed by atoms with Crippen molar-refractivity contribution in [3.05, 3.63) is 54.2 Å². The average molecular weight is 286 g/mol. The Balaban J connectivity index is 2.20. The van der Waals surface area contributed by atoms with E-state index in [-0.39, 0.29) is 5.82 Å². The summed E-state index contributed by atoms with van der Waals surface area (Å²) < 4.78 is 27.6. The molecule has 0 fully saturated rings. The molecule has 0 aliphatic carbocycles. The first kappa shape index (κ1) is 13.2. The van der Waals surface area contributed by atoms with Crippen LogP contribution in [0.25, 0.3) is 22.5 Å². The van der Waals surface area contributed by atoms with Crippen LogP contribution >= 0.6 is 0 Å². The van der Waals surface area contributed by atoms with Crippen molar-refractivity contribution in [1.29, 1.82) is 0 Å². The van der Waals surface area contributed by atoms with Crippen LogP contribution in [0.15, 0.2) is 42.6 Å². The summed E-state index contributed by atoms with van der Waals surface area (Å²) in [6.45, 7) is 0. The number of anilines is 1. The van der Waals surface area contributed by atoms with E-state index in [1.54, 1.807) is 19.2 Å². The van der Waals surface area contributed by atoms with Gasteiger partial charge in [-0.1, -0.05) is 12.1 Å². The smallest absolute Gasteiger partial charge is 0.141 e. The number of aryl methyl sites for hydroxylation is 1. The summed E-state index contributed by atoms with van der Waals surface area (Å²) in [6, 6.07) is 8.78. The van der Waals surface area contributed by atoms with Gasteiger partial charge < -0.3 is 5.73 Å². The quantitative estimate of drug-likeness (QED) is 0.788. The number of benzene rings is 1. The molecule has 0 aliphatic rings. The molecular weight excluding hydrogens is 274 g/mol. The summed E-state index contributed by atoms with van der Waals surface area (Å²) in [4.78, 5) is 4.03. The molecule has 2 heterocycles. The Bertz CT molecular complexity index is 777. The minimum absolute atomic E-state index is 0.331. The number of nitrogens with zero attached hydrogens (tertiary/aromatic N) is 3. The van der Waals surface area contributed by atoms with Gasteiger partial charge in [-0.25, -0.2) is 8.78 Å². The molecule has 0 amide bonds. The second kappa shape index (κ2) is 4.97. The van der Waals surface area contributed by atoms with Crippen LogP contribution in [-0.2, 0) is 7.05 Å². The second-order valence-electron chi connectivity index (χ2n) is 4.60. The molecule has 3 rings (SSSR count). The van der Waals surface area contributed by atoms with Crippen molar-refractivity contribution in [1.82, 2.24) is 14.8 Å². The van der Waals surface area contributed by atoms with Gasteiger partial charge >= 0.3 is 0 Å². The molecule has 6 heteroatoms. The van der Waals surface area contributed by atoms with Crippen molar-refractivity contribution in [2.45, 2.75) is 0 Å². The highest BCUT2D eigenvalue weighted by Gasteiger charge is 2.18. The molecule has 106 valence electrons. The van der Waals surface area contributed by atoms with E-state index in [9.17, 15) is 8.78 Å². The molecule has 21 heavy (non-hydrogen) atoms. The first-order chi connectivity index (χ1) is 10.1. The predicted molar refractivity (Wildman–Crippen MR) is 76.2 cm³/mol.